The number of pyridine rings is 1. The van der Waals surface area contributed by atoms with Crippen LogP contribution in [0.25, 0.3) is 39.3 Å². The van der Waals surface area contributed by atoms with Crippen LogP contribution in [0.5, 0.6) is 0 Å². The van der Waals surface area contributed by atoms with Crippen molar-refractivity contribution in [3.05, 3.63) is 182 Å². The number of anilines is 6. The molecule has 8 aromatic rings. The van der Waals surface area contributed by atoms with Crippen molar-refractivity contribution < 1.29 is 0 Å². The van der Waals surface area contributed by atoms with E-state index in [1.165, 1.54) is 0 Å². The highest BCUT2D eigenvalue weighted by atomic mass is 15.3. The summed E-state index contributed by atoms with van der Waals surface area (Å²) in [6.07, 6.45) is 2.22. The summed E-state index contributed by atoms with van der Waals surface area (Å²) < 4.78 is 2.23. The van der Waals surface area contributed by atoms with Gasteiger partial charge in [-0.05, 0) is 71.8 Å². The monoisotopic (exact) mass is 602 g/mol. The predicted octanol–water partition coefficient (Wildman–Crippen LogP) is 11.6. The molecule has 0 unspecified atom stereocenters. The molecule has 4 nitrogen and oxygen atoms in total. The molecule has 0 bridgehead atoms. The number of aromatic nitrogens is 2. The van der Waals surface area contributed by atoms with E-state index in [1.807, 2.05) is 6.07 Å². The SMILES string of the molecule is c1ccc(-c2nc3ccc(-c4ccc(N5c6ccccc6N(c6ccccc6)c6ccccc65)cc4)cn3c2-c2ccccc2)cc1. The topological polar surface area (TPSA) is 23.8 Å². The number of imidazole rings is 1. The Hall–Kier alpha value is -6.39. The van der Waals surface area contributed by atoms with E-state index in [4.69, 9.17) is 4.98 Å². The molecule has 3 heterocycles. The molecule has 2 aromatic heterocycles. The normalized spacial score (nSPS) is 12.2. The predicted molar refractivity (Wildman–Crippen MR) is 194 cm³/mol. The molecular weight excluding hydrogens is 573 g/mol. The van der Waals surface area contributed by atoms with Gasteiger partial charge in [-0.15, -0.1) is 0 Å². The molecule has 0 amide bonds. The summed E-state index contributed by atoms with van der Waals surface area (Å²) in [5.41, 5.74) is 14.4. The average molecular weight is 603 g/mol. The third kappa shape index (κ3) is 4.58. The Balaban J connectivity index is 1.14. The fraction of sp³-hybridized carbons (Fsp3) is 0. The minimum Gasteiger partial charge on any atom is -0.306 e. The van der Waals surface area contributed by atoms with E-state index in [9.17, 15) is 0 Å². The van der Waals surface area contributed by atoms with E-state index in [0.717, 1.165) is 73.4 Å². The lowest BCUT2D eigenvalue weighted by Crippen LogP contribution is -2.23. The van der Waals surface area contributed by atoms with Gasteiger partial charge < -0.3 is 9.80 Å². The summed E-state index contributed by atoms with van der Waals surface area (Å²) in [4.78, 5) is 9.81. The zero-order valence-corrected chi connectivity index (χ0v) is 25.6. The molecule has 4 heteroatoms. The van der Waals surface area contributed by atoms with E-state index >= 15 is 0 Å². The van der Waals surface area contributed by atoms with E-state index < -0.39 is 0 Å². The van der Waals surface area contributed by atoms with Gasteiger partial charge in [0.2, 0.25) is 0 Å². The van der Waals surface area contributed by atoms with Crippen molar-refractivity contribution in [1.82, 2.24) is 9.38 Å². The number of fused-ring (bicyclic) bond motifs is 3. The van der Waals surface area contributed by atoms with Gasteiger partial charge in [0.1, 0.15) is 5.65 Å². The number of rotatable bonds is 5. The fourth-order valence-corrected chi connectivity index (χ4v) is 6.77. The average Bonchev–Trinajstić information content (AvgIpc) is 3.54. The molecule has 0 N–H and O–H groups in total. The number of hydrogen-bond donors (Lipinski definition) is 0. The molecule has 9 rings (SSSR count). The number of nitrogens with zero attached hydrogens (tertiary/aromatic N) is 4. The van der Waals surface area contributed by atoms with E-state index in [2.05, 4.69) is 190 Å². The van der Waals surface area contributed by atoms with Crippen LogP contribution in [-0.4, -0.2) is 9.38 Å². The third-order valence-corrected chi connectivity index (χ3v) is 8.91. The van der Waals surface area contributed by atoms with Gasteiger partial charge in [0.15, 0.2) is 0 Å². The lowest BCUT2D eigenvalue weighted by Gasteiger charge is -2.40. The molecule has 0 atom stereocenters. The third-order valence-electron chi connectivity index (χ3n) is 8.91. The van der Waals surface area contributed by atoms with E-state index in [1.54, 1.807) is 0 Å². The summed E-state index contributed by atoms with van der Waals surface area (Å²) in [7, 11) is 0. The molecule has 0 aliphatic carbocycles. The Morgan fingerprint density at radius 1 is 0.340 bits per heavy atom. The second-order valence-electron chi connectivity index (χ2n) is 11.7. The van der Waals surface area contributed by atoms with E-state index in [-0.39, 0.29) is 0 Å². The molecule has 0 saturated carbocycles. The minimum absolute atomic E-state index is 0.924. The smallest absolute Gasteiger partial charge is 0.137 e. The van der Waals surface area contributed by atoms with Crippen LogP contribution in [0.2, 0.25) is 0 Å². The summed E-state index contributed by atoms with van der Waals surface area (Å²) in [5, 5.41) is 0. The zero-order valence-electron chi connectivity index (χ0n) is 25.6. The Labute approximate surface area is 274 Å². The molecule has 222 valence electrons. The Morgan fingerprint density at radius 2 is 0.787 bits per heavy atom. The maximum atomic E-state index is 5.09. The van der Waals surface area contributed by atoms with Crippen LogP contribution >= 0.6 is 0 Å². The molecular formula is C43H30N4. The highest BCUT2D eigenvalue weighted by Crippen LogP contribution is 2.53. The first kappa shape index (κ1) is 27.0. The van der Waals surface area contributed by atoms with Crippen LogP contribution < -0.4 is 9.80 Å². The maximum absolute atomic E-state index is 5.09. The second kappa shape index (κ2) is 11.2. The summed E-state index contributed by atoms with van der Waals surface area (Å²) in [5.74, 6) is 0. The van der Waals surface area contributed by atoms with Crippen LogP contribution in [0.1, 0.15) is 0 Å². The van der Waals surface area contributed by atoms with Gasteiger partial charge in [0, 0.05) is 28.7 Å². The molecule has 47 heavy (non-hydrogen) atoms. The Bertz CT molecular complexity index is 2300. The summed E-state index contributed by atoms with van der Waals surface area (Å²) >= 11 is 0. The minimum atomic E-state index is 0.924. The standard InChI is InChI=1S/C43H30N4/c1-4-14-32(15-5-1)42-43(33-16-6-2-7-17-33)45-30-34(26-29-41(45)44-42)31-24-27-36(28-25-31)47-39-22-12-10-20-37(39)46(35-18-8-3-9-19-35)38-21-11-13-23-40(38)47/h1-30H. The fourth-order valence-electron chi connectivity index (χ4n) is 6.77. The van der Waals surface area contributed by atoms with Crippen molar-refractivity contribution in [2.75, 3.05) is 9.80 Å². The molecule has 0 radical (unpaired) electrons. The molecule has 0 fully saturated rings. The van der Waals surface area contributed by atoms with Gasteiger partial charge in [-0.25, -0.2) is 4.98 Å². The van der Waals surface area contributed by atoms with Crippen LogP contribution in [0.15, 0.2) is 182 Å². The maximum Gasteiger partial charge on any atom is 0.137 e. The van der Waals surface area contributed by atoms with E-state index in [0.29, 0.717) is 0 Å². The van der Waals surface area contributed by atoms with Gasteiger partial charge in [-0.2, -0.15) is 0 Å². The first-order valence-electron chi connectivity index (χ1n) is 15.9. The molecule has 1 aliphatic heterocycles. The highest BCUT2D eigenvalue weighted by molar-refractivity contribution is 6.01. The van der Waals surface area contributed by atoms with Gasteiger partial charge in [0.05, 0.1) is 34.1 Å². The van der Waals surface area contributed by atoms with Crippen LogP contribution in [0.3, 0.4) is 0 Å². The van der Waals surface area contributed by atoms with Crippen LogP contribution in [0.4, 0.5) is 34.1 Å². The number of benzene rings is 6. The van der Waals surface area contributed by atoms with Crippen molar-refractivity contribution in [2.24, 2.45) is 0 Å². The van der Waals surface area contributed by atoms with Gasteiger partial charge >= 0.3 is 0 Å². The Kier molecular flexibility index (Phi) is 6.43. The van der Waals surface area contributed by atoms with Crippen molar-refractivity contribution in [1.29, 1.82) is 0 Å². The second-order valence-corrected chi connectivity index (χ2v) is 11.7. The largest absolute Gasteiger partial charge is 0.306 e. The summed E-state index contributed by atoms with van der Waals surface area (Å²) in [6, 6.07) is 62.1. The summed E-state index contributed by atoms with van der Waals surface area (Å²) in [6.45, 7) is 0. The van der Waals surface area contributed by atoms with Gasteiger partial charge in [-0.1, -0.05) is 115 Å². The zero-order chi connectivity index (χ0) is 31.2. The van der Waals surface area contributed by atoms with Crippen molar-refractivity contribution >= 4 is 39.8 Å². The van der Waals surface area contributed by atoms with Crippen molar-refractivity contribution in [3.63, 3.8) is 0 Å². The van der Waals surface area contributed by atoms with Crippen molar-refractivity contribution in [3.8, 4) is 33.6 Å². The first-order chi connectivity index (χ1) is 23.3. The number of para-hydroxylation sites is 5. The molecule has 6 aromatic carbocycles. The molecule has 0 saturated heterocycles. The van der Waals surface area contributed by atoms with Crippen LogP contribution in [0, 0.1) is 0 Å². The van der Waals surface area contributed by atoms with Gasteiger partial charge in [0.25, 0.3) is 0 Å². The van der Waals surface area contributed by atoms with Crippen molar-refractivity contribution in [2.45, 2.75) is 0 Å². The Morgan fingerprint density at radius 3 is 1.34 bits per heavy atom. The lowest BCUT2D eigenvalue weighted by molar-refractivity contribution is 1.17. The highest BCUT2D eigenvalue weighted by Gasteiger charge is 2.30. The molecule has 1 aliphatic rings. The lowest BCUT2D eigenvalue weighted by atomic mass is 10.0. The first-order valence-corrected chi connectivity index (χ1v) is 15.9. The molecule has 0 spiro atoms. The quantitative estimate of drug-likeness (QED) is 0.196. The van der Waals surface area contributed by atoms with Crippen LogP contribution in [-0.2, 0) is 0 Å². The number of hydrogen-bond acceptors (Lipinski definition) is 3. The van der Waals surface area contributed by atoms with Gasteiger partial charge in [-0.3, -0.25) is 4.40 Å².